The summed E-state index contributed by atoms with van der Waals surface area (Å²) < 4.78 is 2.18. The van der Waals surface area contributed by atoms with Crippen LogP contribution < -0.4 is 16.2 Å². The van der Waals surface area contributed by atoms with Gasteiger partial charge in [-0.25, -0.2) is 4.98 Å². The summed E-state index contributed by atoms with van der Waals surface area (Å²) in [6.07, 6.45) is 1.35. The SMILES string of the molecule is Cc1c(C(=O)Nc2ccccc2)sc2ncn(C(C)C(=O)Nc3ccc(Br)cc3)c(=O)c12. The lowest BCUT2D eigenvalue weighted by molar-refractivity contribution is -0.118. The molecule has 0 spiro atoms. The van der Waals surface area contributed by atoms with Crippen molar-refractivity contribution in [1.82, 2.24) is 9.55 Å². The predicted octanol–water partition coefficient (Wildman–Crippen LogP) is 4.98. The third kappa shape index (κ3) is 4.35. The number of aromatic nitrogens is 2. The van der Waals surface area contributed by atoms with Crippen molar-refractivity contribution in [3.63, 3.8) is 0 Å². The fourth-order valence-corrected chi connectivity index (χ4v) is 4.54. The lowest BCUT2D eigenvalue weighted by Gasteiger charge is -2.15. The summed E-state index contributed by atoms with van der Waals surface area (Å²) in [5.41, 5.74) is 1.48. The number of nitrogens with one attached hydrogen (secondary N) is 2. The van der Waals surface area contributed by atoms with Crippen molar-refractivity contribution in [3.8, 4) is 0 Å². The smallest absolute Gasteiger partial charge is 0.266 e. The minimum absolute atomic E-state index is 0.302. The standard InChI is InChI=1S/C23H19BrN4O3S/c1-13-18-22(32-19(13)21(30)27-16-6-4-3-5-7-16)25-12-28(23(18)31)14(2)20(29)26-17-10-8-15(24)9-11-17/h3-12,14H,1-2H3,(H,26,29)(H,27,30). The van der Waals surface area contributed by atoms with Crippen molar-refractivity contribution in [2.24, 2.45) is 0 Å². The van der Waals surface area contributed by atoms with Crippen LogP contribution in [0.4, 0.5) is 11.4 Å². The van der Waals surface area contributed by atoms with Crippen molar-refractivity contribution in [3.05, 3.63) is 86.2 Å². The maximum atomic E-state index is 13.2. The molecule has 0 aliphatic rings. The molecule has 4 rings (SSSR count). The summed E-state index contributed by atoms with van der Waals surface area (Å²) in [7, 11) is 0. The second-order valence-electron chi connectivity index (χ2n) is 7.19. The Morgan fingerprint density at radius 3 is 2.38 bits per heavy atom. The van der Waals surface area contributed by atoms with Gasteiger partial charge in [-0.3, -0.25) is 19.0 Å². The number of hydrogen-bond donors (Lipinski definition) is 2. The van der Waals surface area contributed by atoms with E-state index in [0.717, 1.165) is 15.8 Å². The number of halogens is 1. The van der Waals surface area contributed by atoms with Crippen molar-refractivity contribution in [2.45, 2.75) is 19.9 Å². The molecule has 0 aliphatic heterocycles. The van der Waals surface area contributed by atoms with Crippen LogP contribution in [0.3, 0.4) is 0 Å². The maximum absolute atomic E-state index is 13.2. The molecule has 2 aromatic heterocycles. The molecular formula is C23H19BrN4O3S. The third-order valence-corrected chi connectivity index (χ3v) is 6.75. The number of fused-ring (bicyclic) bond motifs is 1. The van der Waals surface area contributed by atoms with Crippen LogP contribution in [0.1, 0.15) is 28.2 Å². The highest BCUT2D eigenvalue weighted by atomic mass is 79.9. The van der Waals surface area contributed by atoms with Crippen LogP contribution in [0.15, 0.2) is 70.2 Å². The number of carbonyl (C=O) groups is 2. The van der Waals surface area contributed by atoms with Gasteiger partial charge in [0.25, 0.3) is 11.5 Å². The lowest BCUT2D eigenvalue weighted by Crippen LogP contribution is -2.31. The predicted molar refractivity (Wildman–Crippen MR) is 130 cm³/mol. The largest absolute Gasteiger partial charge is 0.324 e. The summed E-state index contributed by atoms with van der Waals surface area (Å²) in [6.45, 7) is 3.35. The van der Waals surface area contributed by atoms with Crippen molar-refractivity contribution in [2.75, 3.05) is 10.6 Å². The van der Waals surface area contributed by atoms with Crippen LogP contribution in [0.2, 0.25) is 0 Å². The highest BCUT2D eigenvalue weighted by Gasteiger charge is 2.23. The number of para-hydroxylation sites is 1. The molecule has 2 N–H and O–H groups in total. The number of benzene rings is 2. The molecule has 0 fully saturated rings. The van der Waals surface area contributed by atoms with E-state index in [-0.39, 0.29) is 17.4 Å². The topological polar surface area (TPSA) is 93.1 Å². The van der Waals surface area contributed by atoms with Crippen LogP contribution >= 0.6 is 27.3 Å². The molecule has 0 saturated heterocycles. The number of nitrogens with zero attached hydrogens (tertiary/aromatic N) is 2. The van der Waals surface area contributed by atoms with E-state index < -0.39 is 6.04 Å². The van der Waals surface area contributed by atoms with Gasteiger partial charge in [0.1, 0.15) is 10.9 Å². The fourth-order valence-electron chi connectivity index (χ4n) is 3.25. The zero-order chi connectivity index (χ0) is 22.8. The second-order valence-corrected chi connectivity index (χ2v) is 9.10. The Balaban J connectivity index is 1.62. The number of carbonyl (C=O) groups excluding carboxylic acids is 2. The Morgan fingerprint density at radius 2 is 1.69 bits per heavy atom. The molecule has 2 heterocycles. The van der Waals surface area contributed by atoms with Gasteiger partial charge >= 0.3 is 0 Å². The molecule has 2 aromatic carbocycles. The van der Waals surface area contributed by atoms with E-state index >= 15 is 0 Å². The van der Waals surface area contributed by atoms with Crippen LogP contribution in [-0.4, -0.2) is 21.4 Å². The molecule has 7 nitrogen and oxygen atoms in total. The van der Waals surface area contributed by atoms with Gasteiger partial charge in [0.15, 0.2) is 0 Å². The average Bonchev–Trinajstić information content (AvgIpc) is 3.13. The highest BCUT2D eigenvalue weighted by Crippen LogP contribution is 2.28. The normalized spacial score (nSPS) is 11.8. The first-order chi connectivity index (χ1) is 15.3. The minimum Gasteiger partial charge on any atom is -0.324 e. The fraction of sp³-hybridized carbons (Fsp3) is 0.130. The zero-order valence-electron chi connectivity index (χ0n) is 17.3. The van der Waals surface area contributed by atoms with Gasteiger partial charge < -0.3 is 10.6 Å². The minimum atomic E-state index is -0.788. The van der Waals surface area contributed by atoms with Gasteiger partial charge in [0.05, 0.1) is 16.6 Å². The van der Waals surface area contributed by atoms with Gasteiger partial charge in [-0.05, 0) is 55.8 Å². The molecule has 0 bridgehead atoms. The van der Waals surface area contributed by atoms with Crippen LogP contribution in [0.25, 0.3) is 10.2 Å². The number of rotatable bonds is 5. The molecule has 4 aromatic rings. The van der Waals surface area contributed by atoms with Gasteiger partial charge in [-0.15, -0.1) is 11.3 Å². The quantitative estimate of drug-likeness (QED) is 0.395. The number of hydrogen-bond acceptors (Lipinski definition) is 5. The van der Waals surface area contributed by atoms with E-state index in [2.05, 4.69) is 31.5 Å². The molecule has 0 saturated carbocycles. The van der Waals surface area contributed by atoms with Gasteiger partial charge in [0, 0.05) is 15.8 Å². The molecule has 9 heteroatoms. The molecule has 162 valence electrons. The Labute approximate surface area is 196 Å². The van der Waals surface area contributed by atoms with Crippen LogP contribution in [0.5, 0.6) is 0 Å². The number of thiophene rings is 1. The van der Waals surface area contributed by atoms with E-state index in [0.29, 0.717) is 32.0 Å². The van der Waals surface area contributed by atoms with Gasteiger partial charge in [-0.1, -0.05) is 34.1 Å². The summed E-state index contributed by atoms with van der Waals surface area (Å²) in [6, 6.07) is 15.5. The molecule has 0 aliphatic carbocycles. The summed E-state index contributed by atoms with van der Waals surface area (Å²) in [4.78, 5) is 43.9. The number of anilines is 2. The van der Waals surface area contributed by atoms with Crippen LogP contribution in [0, 0.1) is 6.92 Å². The molecule has 1 atom stereocenters. The van der Waals surface area contributed by atoms with Crippen molar-refractivity contribution >= 4 is 60.7 Å². The molecule has 0 radical (unpaired) electrons. The first-order valence-electron chi connectivity index (χ1n) is 9.78. The van der Waals surface area contributed by atoms with Crippen LogP contribution in [-0.2, 0) is 4.79 Å². The van der Waals surface area contributed by atoms with Crippen molar-refractivity contribution in [1.29, 1.82) is 0 Å². The Hall–Kier alpha value is -3.30. The monoisotopic (exact) mass is 510 g/mol. The Kier molecular flexibility index (Phi) is 6.20. The molecular weight excluding hydrogens is 492 g/mol. The Morgan fingerprint density at radius 1 is 1.03 bits per heavy atom. The average molecular weight is 511 g/mol. The van der Waals surface area contributed by atoms with Gasteiger partial charge in [0.2, 0.25) is 5.91 Å². The summed E-state index contributed by atoms with van der Waals surface area (Å²) in [5, 5.41) is 5.98. The zero-order valence-corrected chi connectivity index (χ0v) is 19.7. The van der Waals surface area contributed by atoms with E-state index in [1.54, 1.807) is 38.1 Å². The third-order valence-electron chi connectivity index (χ3n) is 5.02. The first-order valence-corrected chi connectivity index (χ1v) is 11.4. The maximum Gasteiger partial charge on any atom is 0.266 e. The number of aryl methyl sites for hydroxylation is 1. The van der Waals surface area contributed by atoms with E-state index in [1.165, 1.54) is 10.9 Å². The second kappa shape index (κ2) is 9.05. The summed E-state index contributed by atoms with van der Waals surface area (Å²) >= 11 is 4.51. The van der Waals surface area contributed by atoms with E-state index in [9.17, 15) is 14.4 Å². The highest BCUT2D eigenvalue weighted by molar-refractivity contribution is 9.10. The molecule has 32 heavy (non-hydrogen) atoms. The first kappa shape index (κ1) is 21.9. The lowest BCUT2D eigenvalue weighted by atomic mass is 10.2. The molecule has 1 unspecified atom stereocenters. The molecule has 2 amide bonds. The van der Waals surface area contributed by atoms with Gasteiger partial charge in [-0.2, -0.15) is 0 Å². The Bertz CT molecular complexity index is 1360. The van der Waals surface area contributed by atoms with E-state index in [4.69, 9.17) is 0 Å². The van der Waals surface area contributed by atoms with E-state index in [1.807, 2.05) is 30.3 Å². The number of amides is 2. The van der Waals surface area contributed by atoms with Crippen molar-refractivity contribution < 1.29 is 9.59 Å². The summed E-state index contributed by atoms with van der Waals surface area (Å²) in [5.74, 6) is -0.644.